The van der Waals surface area contributed by atoms with Crippen LogP contribution in [0.3, 0.4) is 0 Å². The molecular weight excluding hydrogens is 335 g/mol. The Labute approximate surface area is 141 Å². The summed E-state index contributed by atoms with van der Waals surface area (Å²) in [6.45, 7) is 1.90. The number of carbonyl (C=O) groups is 1. The molecule has 1 aliphatic heterocycles. The summed E-state index contributed by atoms with van der Waals surface area (Å²) in [6, 6.07) is 0. The lowest BCUT2D eigenvalue weighted by Crippen LogP contribution is -2.55. The Morgan fingerprint density at radius 2 is 2.21 bits per heavy atom. The zero-order chi connectivity index (χ0) is 17.5. The molecule has 1 saturated carbocycles. The highest BCUT2D eigenvalue weighted by Gasteiger charge is 2.46. The van der Waals surface area contributed by atoms with E-state index in [0.29, 0.717) is 24.7 Å². The molecule has 1 N–H and O–H groups in total. The van der Waals surface area contributed by atoms with Gasteiger partial charge in [-0.3, -0.25) is 4.79 Å². The molecule has 2 aliphatic rings. The van der Waals surface area contributed by atoms with Gasteiger partial charge in [-0.05, 0) is 38.5 Å². The van der Waals surface area contributed by atoms with Gasteiger partial charge >= 0.3 is 0 Å². The van der Waals surface area contributed by atoms with Crippen molar-refractivity contribution in [2.45, 2.75) is 43.3 Å². The Bertz CT molecular complexity index is 724. The number of rotatable bonds is 5. The van der Waals surface area contributed by atoms with Gasteiger partial charge in [-0.25, -0.2) is 17.8 Å². The van der Waals surface area contributed by atoms with E-state index in [1.807, 2.05) is 0 Å². The van der Waals surface area contributed by atoms with E-state index in [0.717, 1.165) is 17.1 Å². The highest BCUT2D eigenvalue weighted by Crippen LogP contribution is 2.31. The standard InChI is InChI=1S/C15H23FN4O3S/c1-11-18-13(9-19(11)2)24(22,23)20-7-3-6-15(16,10-20)14(21)17-8-12-4-5-12/h9,12H,3-8,10H2,1-2H3,(H,17,21). The van der Waals surface area contributed by atoms with Crippen LogP contribution in [0.5, 0.6) is 0 Å². The summed E-state index contributed by atoms with van der Waals surface area (Å²) in [6.07, 6.45) is 3.86. The third-order valence-electron chi connectivity index (χ3n) is 4.75. The number of nitrogens with zero attached hydrogens (tertiary/aromatic N) is 3. The molecule has 7 nitrogen and oxygen atoms in total. The van der Waals surface area contributed by atoms with Gasteiger partial charge in [0.05, 0.1) is 6.54 Å². The van der Waals surface area contributed by atoms with Gasteiger partial charge in [0.15, 0.2) is 5.03 Å². The summed E-state index contributed by atoms with van der Waals surface area (Å²) in [5.74, 6) is 0.295. The largest absolute Gasteiger partial charge is 0.353 e. The highest BCUT2D eigenvalue weighted by molar-refractivity contribution is 7.89. The van der Waals surface area contributed by atoms with Crippen LogP contribution in [0.4, 0.5) is 4.39 Å². The maximum Gasteiger partial charge on any atom is 0.262 e. The summed E-state index contributed by atoms with van der Waals surface area (Å²) in [5.41, 5.74) is -2.18. The second-order valence-corrected chi connectivity index (χ2v) is 8.68. The van der Waals surface area contributed by atoms with Gasteiger partial charge in [0.2, 0.25) is 5.67 Å². The number of halogens is 1. The van der Waals surface area contributed by atoms with Crippen LogP contribution in [0.15, 0.2) is 11.2 Å². The number of hydrogen-bond donors (Lipinski definition) is 1. The van der Waals surface area contributed by atoms with Crippen LogP contribution in [0, 0.1) is 12.8 Å². The third kappa shape index (κ3) is 3.32. The number of piperidine rings is 1. The summed E-state index contributed by atoms with van der Waals surface area (Å²) < 4.78 is 43.1. The lowest BCUT2D eigenvalue weighted by Gasteiger charge is -2.35. The predicted octanol–water partition coefficient (Wildman–Crippen LogP) is 0.748. The van der Waals surface area contributed by atoms with Crippen LogP contribution in [0.2, 0.25) is 0 Å². The number of nitrogens with one attached hydrogen (secondary N) is 1. The van der Waals surface area contributed by atoms with E-state index in [-0.39, 0.29) is 18.0 Å². The number of amides is 1. The van der Waals surface area contributed by atoms with E-state index in [1.54, 1.807) is 18.5 Å². The Hall–Kier alpha value is -1.48. The molecule has 134 valence electrons. The first-order valence-electron chi connectivity index (χ1n) is 8.20. The molecule has 9 heteroatoms. The van der Waals surface area contributed by atoms with E-state index in [4.69, 9.17) is 0 Å². The van der Waals surface area contributed by atoms with E-state index in [1.165, 1.54) is 6.20 Å². The first-order valence-corrected chi connectivity index (χ1v) is 9.64. The number of carbonyl (C=O) groups excluding carboxylic acids is 1. The molecule has 1 saturated heterocycles. The molecule has 0 aromatic carbocycles. The SMILES string of the molecule is Cc1nc(S(=O)(=O)N2CCCC(F)(C(=O)NCC3CC3)C2)cn1C. The number of alkyl halides is 1. The van der Waals surface area contributed by atoms with E-state index in [2.05, 4.69) is 10.3 Å². The van der Waals surface area contributed by atoms with E-state index < -0.39 is 28.1 Å². The fraction of sp³-hybridized carbons (Fsp3) is 0.733. The molecule has 2 heterocycles. The highest BCUT2D eigenvalue weighted by atomic mass is 32.2. The summed E-state index contributed by atoms with van der Waals surface area (Å²) >= 11 is 0. The topological polar surface area (TPSA) is 84.3 Å². The van der Waals surface area contributed by atoms with Crippen molar-refractivity contribution >= 4 is 15.9 Å². The first-order chi connectivity index (χ1) is 11.2. The lowest BCUT2D eigenvalue weighted by atomic mass is 9.95. The maximum absolute atomic E-state index is 15.1. The minimum Gasteiger partial charge on any atom is -0.353 e. The lowest BCUT2D eigenvalue weighted by molar-refractivity contribution is -0.135. The van der Waals surface area contributed by atoms with Gasteiger partial charge in [0.1, 0.15) is 5.82 Å². The number of aryl methyl sites for hydroxylation is 2. The Kier molecular flexibility index (Phi) is 4.41. The quantitative estimate of drug-likeness (QED) is 0.842. The van der Waals surface area contributed by atoms with Crippen molar-refractivity contribution in [1.29, 1.82) is 0 Å². The molecule has 0 radical (unpaired) electrons. The minimum atomic E-state index is -3.91. The number of sulfonamides is 1. The van der Waals surface area contributed by atoms with Crippen LogP contribution < -0.4 is 5.32 Å². The number of imidazole rings is 1. The fourth-order valence-electron chi connectivity index (χ4n) is 2.86. The average molecular weight is 358 g/mol. The smallest absolute Gasteiger partial charge is 0.262 e. The molecule has 0 bridgehead atoms. The molecular formula is C15H23FN4O3S. The Morgan fingerprint density at radius 1 is 1.50 bits per heavy atom. The molecule has 1 aromatic heterocycles. The van der Waals surface area contributed by atoms with Crippen molar-refractivity contribution in [3.05, 3.63) is 12.0 Å². The van der Waals surface area contributed by atoms with Gasteiger partial charge in [0, 0.05) is 26.3 Å². The molecule has 0 spiro atoms. The minimum absolute atomic E-state index is 0.0385. The van der Waals surface area contributed by atoms with Gasteiger partial charge in [-0.1, -0.05) is 0 Å². The van der Waals surface area contributed by atoms with Crippen molar-refractivity contribution in [2.24, 2.45) is 13.0 Å². The van der Waals surface area contributed by atoms with Gasteiger partial charge in [0.25, 0.3) is 15.9 Å². The molecule has 2 fully saturated rings. The van der Waals surface area contributed by atoms with E-state index in [9.17, 15) is 13.2 Å². The summed E-state index contributed by atoms with van der Waals surface area (Å²) in [7, 11) is -2.21. The van der Waals surface area contributed by atoms with Gasteiger partial charge in [-0.15, -0.1) is 0 Å². The second kappa shape index (κ2) is 6.11. The second-order valence-electron chi connectivity index (χ2n) is 6.80. The fourth-order valence-corrected chi connectivity index (χ4v) is 4.41. The Morgan fingerprint density at radius 3 is 2.79 bits per heavy atom. The molecule has 24 heavy (non-hydrogen) atoms. The van der Waals surface area contributed by atoms with Crippen molar-refractivity contribution < 1.29 is 17.6 Å². The van der Waals surface area contributed by atoms with Crippen molar-refractivity contribution in [2.75, 3.05) is 19.6 Å². The maximum atomic E-state index is 15.1. The van der Waals surface area contributed by atoms with Crippen LogP contribution >= 0.6 is 0 Å². The molecule has 1 aromatic rings. The molecule has 3 rings (SSSR count). The Balaban J connectivity index is 1.75. The summed E-state index contributed by atoms with van der Waals surface area (Å²) in [4.78, 5) is 16.2. The molecule has 1 amide bonds. The van der Waals surface area contributed by atoms with Gasteiger partial charge < -0.3 is 9.88 Å². The third-order valence-corrected chi connectivity index (χ3v) is 6.47. The van der Waals surface area contributed by atoms with Crippen LogP contribution in [-0.4, -0.2) is 53.5 Å². The van der Waals surface area contributed by atoms with Crippen LogP contribution in [0.1, 0.15) is 31.5 Å². The van der Waals surface area contributed by atoms with E-state index >= 15 is 4.39 Å². The number of aromatic nitrogens is 2. The van der Waals surface area contributed by atoms with Crippen molar-refractivity contribution in [3.63, 3.8) is 0 Å². The monoisotopic (exact) mass is 358 g/mol. The molecule has 1 atom stereocenters. The van der Waals surface area contributed by atoms with Gasteiger partial charge in [-0.2, -0.15) is 4.31 Å². The van der Waals surface area contributed by atoms with Crippen LogP contribution in [0.25, 0.3) is 0 Å². The summed E-state index contributed by atoms with van der Waals surface area (Å²) in [5, 5.41) is 2.52. The van der Waals surface area contributed by atoms with Crippen molar-refractivity contribution in [1.82, 2.24) is 19.2 Å². The first kappa shape index (κ1) is 17.3. The van der Waals surface area contributed by atoms with Crippen molar-refractivity contribution in [3.8, 4) is 0 Å². The molecule has 1 aliphatic carbocycles. The van der Waals surface area contributed by atoms with Crippen LogP contribution in [-0.2, 0) is 21.9 Å². The average Bonchev–Trinajstić information content (AvgIpc) is 3.30. The zero-order valence-electron chi connectivity index (χ0n) is 14.0. The molecule has 1 unspecified atom stereocenters. The normalized spacial score (nSPS) is 25.6. The zero-order valence-corrected chi connectivity index (χ0v) is 14.8. The number of hydrogen-bond acceptors (Lipinski definition) is 4. The predicted molar refractivity (Wildman–Crippen MR) is 85.5 cm³/mol.